The summed E-state index contributed by atoms with van der Waals surface area (Å²) in [6, 6.07) is 16.0. The van der Waals surface area contributed by atoms with E-state index in [-0.39, 0.29) is 5.56 Å². The SMILES string of the molecule is CCOc1cccc2cc(-c3cc(=O)oc4c5c(ccc34)OCN(Cc3ccncc3)C5)c(=O)oc12. The molecule has 8 heteroatoms. The van der Waals surface area contributed by atoms with E-state index in [0.29, 0.717) is 65.4 Å². The number of ether oxygens (including phenoxy) is 2. The molecule has 5 aromatic rings. The number of hydrogen-bond acceptors (Lipinski definition) is 8. The smallest absolute Gasteiger partial charge is 0.344 e. The van der Waals surface area contributed by atoms with Gasteiger partial charge in [-0.25, -0.2) is 9.59 Å². The van der Waals surface area contributed by atoms with Gasteiger partial charge in [-0.2, -0.15) is 0 Å². The van der Waals surface area contributed by atoms with Gasteiger partial charge in [0.15, 0.2) is 11.3 Å². The van der Waals surface area contributed by atoms with Crippen LogP contribution in [0.15, 0.2) is 85.4 Å². The molecule has 180 valence electrons. The summed E-state index contributed by atoms with van der Waals surface area (Å²) < 4.78 is 22.9. The second-order valence-electron chi connectivity index (χ2n) is 8.57. The highest BCUT2D eigenvalue weighted by atomic mass is 16.5. The van der Waals surface area contributed by atoms with Crippen LogP contribution in [0.2, 0.25) is 0 Å². The zero-order valence-electron chi connectivity index (χ0n) is 19.5. The number of rotatable bonds is 5. The van der Waals surface area contributed by atoms with Crippen LogP contribution in [0.3, 0.4) is 0 Å². The normalized spacial score (nSPS) is 13.5. The Labute approximate surface area is 205 Å². The predicted octanol–water partition coefficient (Wildman–Crippen LogP) is 4.71. The van der Waals surface area contributed by atoms with Gasteiger partial charge < -0.3 is 18.3 Å². The Kier molecular flexibility index (Phi) is 5.50. The molecule has 0 bridgehead atoms. The first kappa shape index (κ1) is 22.1. The molecule has 0 N–H and O–H groups in total. The molecule has 0 amide bonds. The van der Waals surface area contributed by atoms with Crippen LogP contribution in [0.1, 0.15) is 18.1 Å². The van der Waals surface area contributed by atoms with Gasteiger partial charge in [0.05, 0.1) is 17.7 Å². The third-order valence-electron chi connectivity index (χ3n) is 6.23. The summed E-state index contributed by atoms with van der Waals surface area (Å²) in [5, 5.41) is 1.33. The molecule has 0 fully saturated rings. The zero-order valence-corrected chi connectivity index (χ0v) is 19.5. The number of para-hydroxylation sites is 1. The Hall–Kier alpha value is -4.43. The minimum atomic E-state index is -0.560. The van der Waals surface area contributed by atoms with Crippen LogP contribution in [0.5, 0.6) is 11.5 Å². The van der Waals surface area contributed by atoms with Gasteiger partial charge in [-0.15, -0.1) is 0 Å². The second-order valence-corrected chi connectivity index (χ2v) is 8.57. The van der Waals surface area contributed by atoms with E-state index in [2.05, 4.69) is 9.88 Å². The van der Waals surface area contributed by atoms with Crippen molar-refractivity contribution in [3.8, 4) is 22.6 Å². The number of fused-ring (bicyclic) bond motifs is 4. The first-order valence-electron chi connectivity index (χ1n) is 11.6. The van der Waals surface area contributed by atoms with E-state index in [4.69, 9.17) is 18.3 Å². The van der Waals surface area contributed by atoms with E-state index in [1.54, 1.807) is 24.5 Å². The van der Waals surface area contributed by atoms with Crippen LogP contribution >= 0.6 is 0 Å². The maximum Gasteiger partial charge on any atom is 0.344 e. The van der Waals surface area contributed by atoms with Crippen molar-refractivity contribution in [1.82, 2.24) is 9.88 Å². The molecular formula is C28H22N2O6. The molecule has 6 rings (SSSR count). The van der Waals surface area contributed by atoms with Crippen molar-refractivity contribution in [3.05, 3.63) is 99.0 Å². The third kappa shape index (κ3) is 3.91. The van der Waals surface area contributed by atoms with E-state index in [1.165, 1.54) is 6.07 Å². The first-order valence-corrected chi connectivity index (χ1v) is 11.6. The van der Waals surface area contributed by atoms with Gasteiger partial charge in [-0.05, 0) is 48.9 Å². The van der Waals surface area contributed by atoms with Crippen molar-refractivity contribution < 1.29 is 18.3 Å². The van der Waals surface area contributed by atoms with Crippen LogP contribution in [-0.2, 0) is 13.1 Å². The largest absolute Gasteiger partial charge is 0.490 e. The summed E-state index contributed by atoms with van der Waals surface area (Å²) in [5.41, 5.74) is 2.24. The summed E-state index contributed by atoms with van der Waals surface area (Å²) in [5.74, 6) is 1.15. The average molecular weight is 482 g/mol. The lowest BCUT2D eigenvalue weighted by Crippen LogP contribution is -2.31. The maximum absolute atomic E-state index is 13.1. The lowest BCUT2D eigenvalue weighted by atomic mass is 9.99. The standard InChI is InChI=1S/C28H22N2O6/c1-2-33-24-5-3-4-18-12-21(28(32)36-26(18)24)20-13-25(31)35-27-19(20)6-7-23-22(27)15-30(16-34-23)14-17-8-10-29-11-9-17/h3-13H,2,14-16H2,1H3. The monoisotopic (exact) mass is 482 g/mol. The summed E-state index contributed by atoms with van der Waals surface area (Å²) in [6.07, 6.45) is 3.50. The highest BCUT2D eigenvalue weighted by molar-refractivity contribution is 5.97. The molecule has 0 radical (unpaired) electrons. The summed E-state index contributed by atoms with van der Waals surface area (Å²) in [6.45, 7) is 3.88. The molecule has 4 heterocycles. The molecule has 3 aromatic heterocycles. The molecule has 2 aromatic carbocycles. The van der Waals surface area contributed by atoms with Crippen LogP contribution in [0.25, 0.3) is 33.1 Å². The quantitative estimate of drug-likeness (QED) is 0.332. The van der Waals surface area contributed by atoms with Gasteiger partial charge in [0, 0.05) is 47.9 Å². The third-order valence-corrected chi connectivity index (χ3v) is 6.23. The molecule has 0 aliphatic carbocycles. The van der Waals surface area contributed by atoms with Crippen LogP contribution in [0, 0.1) is 0 Å². The van der Waals surface area contributed by atoms with Gasteiger partial charge >= 0.3 is 11.3 Å². The predicted molar refractivity (Wildman–Crippen MR) is 134 cm³/mol. The van der Waals surface area contributed by atoms with Crippen molar-refractivity contribution in [2.45, 2.75) is 20.0 Å². The lowest BCUT2D eigenvalue weighted by molar-refractivity contribution is 0.0889. The number of nitrogens with zero attached hydrogens (tertiary/aromatic N) is 2. The van der Waals surface area contributed by atoms with E-state index < -0.39 is 11.3 Å². The minimum Gasteiger partial charge on any atom is -0.490 e. The van der Waals surface area contributed by atoms with Crippen LogP contribution in [-0.4, -0.2) is 23.2 Å². The fourth-order valence-corrected chi connectivity index (χ4v) is 4.62. The number of pyridine rings is 1. The van der Waals surface area contributed by atoms with Crippen LogP contribution < -0.4 is 20.7 Å². The Morgan fingerprint density at radius 3 is 2.67 bits per heavy atom. The van der Waals surface area contributed by atoms with Crippen molar-refractivity contribution in [2.75, 3.05) is 13.3 Å². The summed E-state index contributed by atoms with van der Waals surface area (Å²) >= 11 is 0. The van der Waals surface area contributed by atoms with Gasteiger partial charge in [-0.3, -0.25) is 9.88 Å². The van der Waals surface area contributed by atoms with Crippen LogP contribution in [0.4, 0.5) is 0 Å². The molecule has 0 unspecified atom stereocenters. The number of aromatic nitrogens is 1. The molecule has 0 atom stereocenters. The first-order chi connectivity index (χ1) is 17.6. The molecular weight excluding hydrogens is 460 g/mol. The highest BCUT2D eigenvalue weighted by Crippen LogP contribution is 2.36. The van der Waals surface area contributed by atoms with Crippen molar-refractivity contribution in [1.29, 1.82) is 0 Å². The summed E-state index contributed by atoms with van der Waals surface area (Å²) in [4.78, 5) is 31.9. The van der Waals surface area contributed by atoms with Gasteiger partial charge in [0.1, 0.15) is 18.1 Å². The van der Waals surface area contributed by atoms with Gasteiger partial charge in [0.2, 0.25) is 0 Å². The van der Waals surface area contributed by atoms with Crippen molar-refractivity contribution in [2.24, 2.45) is 0 Å². The summed E-state index contributed by atoms with van der Waals surface area (Å²) in [7, 11) is 0. The van der Waals surface area contributed by atoms with E-state index in [1.807, 2.05) is 43.3 Å². The molecule has 0 spiro atoms. The highest BCUT2D eigenvalue weighted by Gasteiger charge is 2.24. The number of hydrogen-bond donors (Lipinski definition) is 0. The Balaban J connectivity index is 1.47. The fourth-order valence-electron chi connectivity index (χ4n) is 4.62. The van der Waals surface area contributed by atoms with Gasteiger partial charge in [-0.1, -0.05) is 12.1 Å². The molecule has 36 heavy (non-hydrogen) atoms. The van der Waals surface area contributed by atoms with E-state index in [0.717, 1.165) is 11.1 Å². The van der Waals surface area contributed by atoms with Gasteiger partial charge in [0.25, 0.3) is 0 Å². The van der Waals surface area contributed by atoms with E-state index in [9.17, 15) is 9.59 Å². The number of benzene rings is 2. The molecule has 1 aliphatic heterocycles. The molecule has 0 saturated heterocycles. The molecule has 0 saturated carbocycles. The Morgan fingerprint density at radius 1 is 0.972 bits per heavy atom. The Bertz CT molecular complexity index is 1710. The second kappa shape index (κ2) is 8.98. The Morgan fingerprint density at radius 2 is 1.83 bits per heavy atom. The lowest BCUT2D eigenvalue weighted by Gasteiger charge is -2.29. The van der Waals surface area contributed by atoms with Crippen molar-refractivity contribution in [3.63, 3.8) is 0 Å². The van der Waals surface area contributed by atoms with E-state index >= 15 is 0 Å². The van der Waals surface area contributed by atoms with Crippen molar-refractivity contribution >= 4 is 21.9 Å². The maximum atomic E-state index is 13.1. The average Bonchev–Trinajstić information content (AvgIpc) is 2.89. The molecule has 1 aliphatic rings. The zero-order chi connectivity index (χ0) is 24.6. The topological polar surface area (TPSA) is 95.0 Å². The minimum absolute atomic E-state index is 0.277. The fraction of sp³-hybridized carbons (Fsp3) is 0.179. The molecule has 8 nitrogen and oxygen atoms in total.